The minimum Gasteiger partial charge on any atom is -0.508 e. The number of fused-ring (bicyclic) bond motifs is 1. The fourth-order valence-electron chi connectivity index (χ4n) is 4.37. The number of rotatable bonds is 7. The van der Waals surface area contributed by atoms with Gasteiger partial charge in [-0.15, -0.1) is 0 Å². The van der Waals surface area contributed by atoms with Gasteiger partial charge in [0.15, 0.2) is 34.5 Å². The maximum atomic E-state index is 12.0. The van der Waals surface area contributed by atoms with E-state index >= 15 is 0 Å². The average Bonchev–Trinajstić information content (AvgIpc) is 2.98. The molecule has 2 heterocycles. The molecule has 2 aromatic carbocycles. The second-order valence-electron chi connectivity index (χ2n) is 9.70. The number of benzene rings is 3. The lowest BCUT2D eigenvalue weighted by Gasteiger charge is -2.39. The smallest absolute Gasteiger partial charge is 0.508 e. The molecule has 3 aliphatic rings. The maximum Gasteiger partial charge on any atom is 0.510 e. The van der Waals surface area contributed by atoms with Crippen molar-refractivity contribution in [3.63, 3.8) is 0 Å². The maximum absolute atomic E-state index is 12.0. The normalized spacial score (nSPS) is 22.1. The van der Waals surface area contributed by atoms with Crippen molar-refractivity contribution in [2.24, 2.45) is 0 Å². The third-order valence-electron chi connectivity index (χ3n) is 6.66. The number of carbonyl (C=O) groups excluding carboxylic acids is 1. The van der Waals surface area contributed by atoms with Crippen LogP contribution in [0, 0.1) is 0 Å². The van der Waals surface area contributed by atoms with Crippen LogP contribution in [0.25, 0.3) is 28.7 Å². The largest absolute Gasteiger partial charge is 0.510 e. The summed E-state index contributed by atoms with van der Waals surface area (Å²) in [7, 11) is 0. The molecule has 1 saturated heterocycles. The molecule has 1 fully saturated rings. The van der Waals surface area contributed by atoms with Crippen LogP contribution in [0.5, 0.6) is 28.7 Å². The number of hydrogen-bond acceptors (Lipinski definition) is 12. The number of esters is 1. The summed E-state index contributed by atoms with van der Waals surface area (Å²) in [4.78, 5) is 22.1. The highest BCUT2D eigenvalue weighted by Crippen LogP contribution is 2.43. The molecular weight excluding hydrogens is 568 g/mol. The Hall–Kier alpha value is -5.08. The van der Waals surface area contributed by atoms with Crippen molar-refractivity contribution in [3.05, 3.63) is 82.5 Å². The summed E-state index contributed by atoms with van der Waals surface area (Å²) in [5.74, 6) is -2.17. The van der Waals surface area contributed by atoms with E-state index in [0.29, 0.717) is 5.56 Å². The summed E-state index contributed by atoms with van der Waals surface area (Å²) in [5, 5.41) is 71.2. The Kier molecular flexibility index (Phi) is 8.23. The van der Waals surface area contributed by atoms with E-state index in [4.69, 9.17) is 18.6 Å². The van der Waals surface area contributed by atoms with Gasteiger partial charge in [-0.25, -0.2) is 0 Å². The summed E-state index contributed by atoms with van der Waals surface area (Å²) in [6.45, 7) is -0.482. The third kappa shape index (κ3) is 6.39. The van der Waals surface area contributed by atoms with Gasteiger partial charge >= 0.3 is 5.97 Å². The van der Waals surface area contributed by atoms with Gasteiger partial charge < -0.3 is 59.2 Å². The average molecular weight is 596 g/mol. The lowest BCUT2D eigenvalue weighted by Crippen LogP contribution is -2.60. The molecule has 0 aromatic heterocycles. The van der Waals surface area contributed by atoms with Crippen molar-refractivity contribution in [2.45, 2.75) is 30.7 Å². The van der Waals surface area contributed by atoms with Crippen LogP contribution in [0.15, 0.2) is 76.0 Å². The third-order valence-corrected chi connectivity index (χ3v) is 6.66. The van der Waals surface area contributed by atoms with Crippen molar-refractivity contribution < 1.29 is 59.2 Å². The number of phenols is 4. The Bertz CT molecular complexity index is 1680. The first-order valence-electron chi connectivity index (χ1n) is 12.9. The van der Waals surface area contributed by atoms with Crippen LogP contribution in [0.3, 0.4) is 0 Å². The van der Waals surface area contributed by atoms with E-state index < -0.39 is 66.0 Å². The standard InChI is InChI=1S/C30H26O13/c31-16-5-1-14(2-6-16)3-8-25(36)40-13-24-26(37)27(38)28(39)30(43-24)42-23-12-18-20(34)10-17(32)11-22(18)41-29(23)15-4-7-19(33)21(35)9-15/h1-12,24,26-28,30-31,33-35,37-39H,13H2/p+1/t24-,26-,27-,28-,30-/m1/s1. The molecule has 0 unspecified atom stereocenters. The molecule has 13 heteroatoms. The van der Waals surface area contributed by atoms with E-state index in [2.05, 4.69) is 0 Å². The zero-order valence-corrected chi connectivity index (χ0v) is 22.1. The Morgan fingerprint density at radius 1 is 0.860 bits per heavy atom. The first-order valence-corrected chi connectivity index (χ1v) is 12.9. The van der Waals surface area contributed by atoms with E-state index in [1.807, 2.05) is 0 Å². The number of aliphatic hydroxyl groups is 3. The number of aliphatic hydroxyl groups excluding tert-OH is 3. The molecule has 0 spiro atoms. The van der Waals surface area contributed by atoms with Crippen LogP contribution in [0.2, 0.25) is 0 Å². The Balaban J connectivity index is 1.40. The highest BCUT2D eigenvalue weighted by atomic mass is 16.7. The molecule has 5 atom stereocenters. The van der Waals surface area contributed by atoms with E-state index in [9.17, 15) is 45.3 Å². The summed E-state index contributed by atoms with van der Waals surface area (Å²) in [5.41, 5.74) is 0.302. The van der Waals surface area contributed by atoms with Gasteiger partial charge in [0.1, 0.15) is 35.6 Å². The van der Waals surface area contributed by atoms with Gasteiger partial charge in [0.05, 0.1) is 11.6 Å². The minimum absolute atomic E-state index is 0.0434. The number of ether oxygens (including phenoxy) is 3. The van der Waals surface area contributed by atoms with E-state index in [1.54, 1.807) is 12.1 Å². The van der Waals surface area contributed by atoms with Gasteiger partial charge in [-0.3, -0.25) is 4.79 Å². The number of aromatic hydroxyl groups is 4. The molecule has 2 aromatic rings. The molecular formula is C30H27O13+. The molecule has 5 rings (SSSR count). The fourth-order valence-corrected chi connectivity index (χ4v) is 4.37. The lowest BCUT2D eigenvalue weighted by molar-refractivity contribution is -0.276. The van der Waals surface area contributed by atoms with Crippen LogP contribution in [-0.2, 0) is 9.47 Å². The van der Waals surface area contributed by atoms with Gasteiger partial charge in [-0.2, -0.15) is 0 Å². The Morgan fingerprint density at radius 3 is 2.33 bits per heavy atom. The predicted molar refractivity (Wildman–Crippen MR) is 149 cm³/mol. The first-order chi connectivity index (χ1) is 20.5. The highest BCUT2D eigenvalue weighted by molar-refractivity contribution is 5.88. The Morgan fingerprint density at radius 2 is 1.60 bits per heavy atom. The molecule has 0 amide bonds. The molecule has 13 nitrogen and oxygen atoms in total. The van der Waals surface area contributed by atoms with Crippen molar-refractivity contribution in [2.75, 3.05) is 6.61 Å². The molecule has 8 N–H and O–H groups in total. The number of phenolic OH excluding ortho intramolecular Hbond substituents is 4. The zero-order chi connectivity index (χ0) is 30.8. The van der Waals surface area contributed by atoms with E-state index in [-0.39, 0.29) is 34.1 Å². The number of hydrogen-bond donors (Lipinski definition) is 7. The molecule has 1 aliphatic carbocycles. The molecule has 224 valence electrons. The molecule has 2 aliphatic heterocycles. The van der Waals surface area contributed by atoms with E-state index in [0.717, 1.165) is 18.2 Å². The van der Waals surface area contributed by atoms with Crippen molar-refractivity contribution in [1.29, 1.82) is 0 Å². The van der Waals surface area contributed by atoms with E-state index in [1.165, 1.54) is 42.5 Å². The molecule has 43 heavy (non-hydrogen) atoms. The van der Waals surface area contributed by atoms with Crippen LogP contribution in [0.4, 0.5) is 0 Å². The summed E-state index contributed by atoms with van der Waals surface area (Å²) < 4.78 is 22.6. The molecule has 0 bridgehead atoms. The Labute approximate surface area is 242 Å². The minimum atomic E-state index is -1.80. The highest BCUT2D eigenvalue weighted by Gasteiger charge is 2.47. The molecule has 0 radical (unpaired) electrons. The SMILES string of the molecule is O=c1cc2oc(-c3ccc(O)c(O)c3)c(O[C@@H]3O[C@H](COC(=[OH+])C=Cc4ccc(O)cc4)[C@@H](O)[C@@H](O)[C@H]3O)cc-2c(O)c1. The summed E-state index contributed by atoms with van der Waals surface area (Å²) in [6, 6.07) is 13.1. The first kappa shape index (κ1) is 29.4. The second-order valence-corrected chi connectivity index (χ2v) is 9.70. The van der Waals surface area contributed by atoms with Gasteiger partial charge in [0, 0.05) is 17.7 Å². The summed E-state index contributed by atoms with van der Waals surface area (Å²) in [6.07, 6.45) is -5.49. The second kappa shape index (κ2) is 12.0. The lowest BCUT2D eigenvalue weighted by atomic mass is 9.99. The molecule has 0 saturated carbocycles. The van der Waals surface area contributed by atoms with Gasteiger partial charge in [0.2, 0.25) is 12.9 Å². The summed E-state index contributed by atoms with van der Waals surface area (Å²) >= 11 is 0. The fraction of sp³-hybridized carbons (Fsp3) is 0.200. The quantitative estimate of drug-likeness (QED) is 0.0702. The predicted octanol–water partition coefficient (Wildman–Crippen LogP) is 1.65. The van der Waals surface area contributed by atoms with Crippen molar-refractivity contribution >= 4 is 12.0 Å². The van der Waals surface area contributed by atoms with Crippen molar-refractivity contribution in [3.8, 4) is 51.4 Å². The van der Waals surface area contributed by atoms with Crippen LogP contribution >= 0.6 is 0 Å². The van der Waals surface area contributed by atoms with Gasteiger partial charge in [-0.1, -0.05) is 12.1 Å². The van der Waals surface area contributed by atoms with Gasteiger partial charge in [-0.05, 0) is 48.0 Å². The van der Waals surface area contributed by atoms with Crippen molar-refractivity contribution in [1.82, 2.24) is 0 Å². The monoisotopic (exact) mass is 595 g/mol. The van der Waals surface area contributed by atoms with Crippen LogP contribution < -0.4 is 10.2 Å². The van der Waals surface area contributed by atoms with Gasteiger partial charge in [0.25, 0.3) is 0 Å². The van der Waals surface area contributed by atoms with Crippen LogP contribution in [-0.4, -0.2) is 83.8 Å². The topological polar surface area (TPSA) is 221 Å². The zero-order valence-electron chi connectivity index (χ0n) is 22.1. The van der Waals surface area contributed by atoms with Crippen LogP contribution in [0.1, 0.15) is 5.56 Å².